The van der Waals surface area contributed by atoms with Gasteiger partial charge in [-0.1, -0.05) is 6.07 Å². The van der Waals surface area contributed by atoms with Crippen molar-refractivity contribution < 1.29 is 19.1 Å². The SMILES string of the molecule is COCCCCC(=O)Nc1cc(C(=O)OC)ccc1C. The van der Waals surface area contributed by atoms with E-state index in [1.165, 1.54) is 7.11 Å². The third kappa shape index (κ3) is 5.01. The van der Waals surface area contributed by atoms with Crippen LogP contribution in [0.3, 0.4) is 0 Å². The Labute approximate surface area is 119 Å². The number of nitrogens with one attached hydrogen (secondary N) is 1. The first kappa shape index (κ1) is 16.2. The smallest absolute Gasteiger partial charge is 0.337 e. The summed E-state index contributed by atoms with van der Waals surface area (Å²) in [6.07, 6.45) is 2.06. The second kappa shape index (κ2) is 8.32. The molecule has 0 radical (unpaired) electrons. The van der Waals surface area contributed by atoms with Gasteiger partial charge < -0.3 is 14.8 Å². The van der Waals surface area contributed by atoms with E-state index in [9.17, 15) is 9.59 Å². The molecule has 1 rings (SSSR count). The molecule has 1 aromatic carbocycles. The summed E-state index contributed by atoms with van der Waals surface area (Å²) >= 11 is 0. The highest BCUT2D eigenvalue weighted by molar-refractivity contribution is 5.95. The molecular weight excluding hydrogens is 258 g/mol. The van der Waals surface area contributed by atoms with Gasteiger partial charge in [0.15, 0.2) is 0 Å². The van der Waals surface area contributed by atoms with Gasteiger partial charge in [0, 0.05) is 25.8 Å². The Hall–Kier alpha value is -1.88. The van der Waals surface area contributed by atoms with E-state index in [4.69, 9.17) is 4.74 Å². The van der Waals surface area contributed by atoms with E-state index < -0.39 is 5.97 Å². The van der Waals surface area contributed by atoms with Crippen LogP contribution in [0.1, 0.15) is 35.2 Å². The van der Waals surface area contributed by atoms with Gasteiger partial charge in [-0.2, -0.15) is 0 Å². The number of unbranched alkanes of at least 4 members (excludes halogenated alkanes) is 1. The van der Waals surface area contributed by atoms with Gasteiger partial charge in [0.2, 0.25) is 5.91 Å². The lowest BCUT2D eigenvalue weighted by Gasteiger charge is -2.10. The zero-order valence-corrected chi connectivity index (χ0v) is 12.2. The number of esters is 1. The number of ether oxygens (including phenoxy) is 2. The minimum Gasteiger partial charge on any atom is -0.465 e. The van der Waals surface area contributed by atoms with Crippen LogP contribution >= 0.6 is 0 Å². The number of anilines is 1. The summed E-state index contributed by atoms with van der Waals surface area (Å²) in [6, 6.07) is 5.09. The molecule has 0 aromatic heterocycles. The van der Waals surface area contributed by atoms with Gasteiger partial charge in [-0.25, -0.2) is 4.79 Å². The molecular formula is C15H21NO4. The van der Waals surface area contributed by atoms with Crippen molar-refractivity contribution in [3.8, 4) is 0 Å². The predicted octanol–water partition coefficient (Wildman–Crippen LogP) is 2.54. The Bertz CT molecular complexity index is 471. The number of rotatable bonds is 7. The average molecular weight is 279 g/mol. The van der Waals surface area contributed by atoms with Crippen LogP contribution in [0.5, 0.6) is 0 Å². The summed E-state index contributed by atoms with van der Waals surface area (Å²) < 4.78 is 9.59. The number of methoxy groups -OCH3 is 2. The molecule has 0 aliphatic carbocycles. The van der Waals surface area contributed by atoms with Gasteiger partial charge in [-0.05, 0) is 37.5 Å². The summed E-state index contributed by atoms with van der Waals surface area (Å²) in [7, 11) is 2.97. The summed E-state index contributed by atoms with van der Waals surface area (Å²) in [6.45, 7) is 2.53. The predicted molar refractivity (Wildman–Crippen MR) is 76.9 cm³/mol. The molecule has 5 nitrogen and oxygen atoms in total. The molecule has 0 aliphatic rings. The molecule has 0 saturated carbocycles. The Morgan fingerprint density at radius 3 is 2.60 bits per heavy atom. The highest BCUT2D eigenvalue weighted by atomic mass is 16.5. The van der Waals surface area contributed by atoms with Crippen molar-refractivity contribution in [2.45, 2.75) is 26.2 Å². The van der Waals surface area contributed by atoms with Crippen LogP contribution in [0.15, 0.2) is 18.2 Å². The van der Waals surface area contributed by atoms with Gasteiger partial charge in [0.1, 0.15) is 0 Å². The molecule has 0 aliphatic heterocycles. The van der Waals surface area contributed by atoms with Crippen LogP contribution in [0.2, 0.25) is 0 Å². The maximum absolute atomic E-state index is 11.8. The molecule has 1 amide bonds. The molecule has 0 unspecified atom stereocenters. The molecule has 0 bridgehead atoms. The maximum Gasteiger partial charge on any atom is 0.337 e. The van der Waals surface area contributed by atoms with Crippen molar-refractivity contribution in [2.75, 3.05) is 26.1 Å². The van der Waals surface area contributed by atoms with E-state index >= 15 is 0 Å². The number of aryl methyl sites for hydroxylation is 1. The molecule has 0 atom stereocenters. The first-order valence-corrected chi connectivity index (χ1v) is 6.56. The standard InChI is InChI=1S/C15H21NO4/c1-11-7-8-12(15(18)20-3)10-13(11)16-14(17)6-4-5-9-19-2/h7-8,10H,4-6,9H2,1-3H3,(H,16,17). The number of amides is 1. The van der Waals surface area contributed by atoms with E-state index in [1.807, 2.05) is 6.92 Å². The minimum atomic E-state index is -0.416. The van der Waals surface area contributed by atoms with Gasteiger partial charge in [-0.15, -0.1) is 0 Å². The van der Waals surface area contributed by atoms with Crippen LogP contribution in [-0.4, -0.2) is 32.7 Å². The normalized spacial score (nSPS) is 10.2. The molecule has 110 valence electrons. The van der Waals surface area contributed by atoms with Gasteiger partial charge >= 0.3 is 5.97 Å². The third-order valence-corrected chi connectivity index (χ3v) is 2.94. The second-order valence-electron chi connectivity index (χ2n) is 4.52. The minimum absolute atomic E-state index is 0.0637. The van der Waals surface area contributed by atoms with Crippen LogP contribution in [0, 0.1) is 6.92 Å². The number of hydrogen-bond donors (Lipinski definition) is 1. The lowest BCUT2D eigenvalue weighted by molar-refractivity contribution is -0.116. The van der Waals surface area contributed by atoms with Crippen molar-refractivity contribution in [3.63, 3.8) is 0 Å². The molecule has 0 spiro atoms. The average Bonchev–Trinajstić information content (AvgIpc) is 2.45. The first-order valence-electron chi connectivity index (χ1n) is 6.56. The van der Waals surface area contributed by atoms with E-state index in [0.717, 1.165) is 18.4 Å². The van der Waals surface area contributed by atoms with Gasteiger partial charge in [0.25, 0.3) is 0 Å². The van der Waals surface area contributed by atoms with Crippen molar-refractivity contribution in [1.82, 2.24) is 0 Å². The molecule has 0 fully saturated rings. The van der Waals surface area contributed by atoms with Crippen molar-refractivity contribution >= 4 is 17.6 Å². The quantitative estimate of drug-likeness (QED) is 0.615. The summed E-state index contributed by atoms with van der Waals surface area (Å²) in [5, 5.41) is 2.82. The van der Waals surface area contributed by atoms with E-state index in [1.54, 1.807) is 25.3 Å². The topological polar surface area (TPSA) is 64.6 Å². The Morgan fingerprint density at radius 2 is 1.95 bits per heavy atom. The molecule has 1 N–H and O–H groups in total. The molecule has 20 heavy (non-hydrogen) atoms. The lowest BCUT2D eigenvalue weighted by Crippen LogP contribution is -2.13. The Balaban J connectivity index is 2.62. The van der Waals surface area contributed by atoms with Crippen molar-refractivity contribution in [1.29, 1.82) is 0 Å². The number of hydrogen-bond acceptors (Lipinski definition) is 4. The van der Waals surface area contributed by atoms with Crippen LogP contribution in [0.25, 0.3) is 0 Å². The number of carbonyl (C=O) groups excluding carboxylic acids is 2. The first-order chi connectivity index (χ1) is 9.58. The highest BCUT2D eigenvalue weighted by Crippen LogP contribution is 2.18. The van der Waals surface area contributed by atoms with E-state index in [-0.39, 0.29) is 5.91 Å². The Morgan fingerprint density at radius 1 is 1.20 bits per heavy atom. The second-order valence-corrected chi connectivity index (χ2v) is 4.52. The molecule has 5 heteroatoms. The summed E-state index contributed by atoms with van der Waals surface area (Å²) in [5.41, 5.74) is 1.97. The zero-order chi connectivity index (χ0) is 15.0. The summed E-state index contributed by atoms with van der Waals surface area (Å²) in [5.74, 6) is -0.480. The molecule has 1 aromatic rings. The highest BCUT2D eigenvalue weighted by Gasteiger charge is 2.10. The fourth-order valence-electron chi connectivity index (χ4n) is 1.75. The van der Waals surface area contributed by atoms with Gasteiger partial charge in [0.05, 0.1) is 12.7 Å². The van der Waals surface area contributed by atoms with Crippen LogP contribution in [-0.2, 0) is 14.3 Å². The van der Waals surface area contributed by atoms with Crippen molar-refractivity contribution in [3.05, 3.63) is 29.3 Å². The van der Waals surface area contributed by atoms with Crippen molar-refractivity contribution in [2.24, 2.45) is 0 Å². The molecule has 0 saturated heterocycles. The maximum atomic E-state index is 11.8. The zero-order valence-electron chi connectivity index (χ0n) is 12.2. The van der Waals surface area contributed by atoms with Crippen LogP contribution in [0.4, 0.5) is 5.69 Å². The van der Waals surface area contributed by atoms with E-state index in [2.05, 4.69) is 10.1 Å². The van der Waals surface area contributed by atoms with Crippen LogP contribution < -0.4 is 5.32 Å². The fraction of sp³-hybridized carbons (Fsp3) is 0.467. The summed E-state index contributed by atoms with van der Waals surface area (Å²) in [4.78, 5) is 23.3. The molecule has 0 heterocycles. The lowest BCUT2D eigenvalue weighted by atomic mass is 10.1. The van der Waals surface area contributed by atoms with E-state index in [0.29, 0.717) is 24.3 Å². The number of carbonyl (C=O) groups is 2. The largest absolute Gasteiger partial charge is 0.465 e. The monoisotopic (exact) mass is 279 g/mol. The fourth-order valence-corrected chi connectivity index (χ4v) is 1.75. The third-order valence-electron chi connectivity index (χ3n) is 2.94. The Kier molecular flexibility index (Phi) is 6.73. The number of benzene rings is 1. The van der Waals surface area contributed by atoms with Gasteiger partial charge in [-0.3, -0.25) is 4.79 Å².